The van der Waals surface area contributed by atoms with E-state index in [-0.39, 0.29) is 5.69 Å². The Kier molecular flexibility index (Phi) is 6.51. The minimum atomic E-state index is -0.471. The number of aromatic nitrogens is 2. The fraction of sp³-hybridized carbons (Fsp3) is 0.0417. The van der Waals surface area contributed by atoms with E-state index in [1.807, 2.05) is 42.5 Å². The number of hydrogen-bond donors (Lipinski definition) is 1. The smallest absolute Gasteiger partial charge is 0.270 e. The van der Waals surface area contributed by atoms with E-state index >= 15 is 0 Å². The van der Waals surface area contributed by atoms with Crippen LogP contribution in [0.3, 0.4) is 0 Å². The van der Waals surface area contributed by atoms with Crippen LogP contribution in [0.4, 0.5) is 10.8 Å². The lowest BCUT2D eigenvalue weighted by molar-refractivity contribution is -0.384. The summed E-state index contributed by atoms with van der Waals surface area (Å²) in [5.74, 6) is 0.334. The number of carbonyl (C=O) groups is 1. The number of nitrogens with zero attached hydrogens (tertiary/aromatic N) is 3. The van der Waals surface area contributed by atoms with Crippen LogP contribution in [0.25, 0.3) is 22.2 Å². The van der Waals surface area contributed by atoms with Gasteiger partial charge in [0.1, 0.15) is 10.8 Å². The second-order valence-corrected chi connectivity index (χ2v) is 7.85. The summed E-state index contributed by atoms with van der Waals surface area (Å²) >= 11 is 1.24. The fourth-order valence-electron chi connectivity index (χ4n) is 3.08. The van der Waals surface area contributed by atoms with E-state index in [2.05, 4.69) is 15.5 Å². The maximum absolute atomic E-state index is 13.2. The number of benzene rings is 3. The molecule has 0 unspecified atom stereocenters. The van der Waals surface area contributed by atoms with Crippen molar-refractivity contribution in [2.75, 3.05) is 12.4 Å². The van der Waals surface area contributed by atoms with Crippen molar-refractivity contribution in [3.05, 3.63) is 100 Å². The summed E-state index contributed by atoms with van der Waals surface area (Å²) in [6.45, 7) is 0. The van der Waals surface area contributed by atoms with Crippen LogP contribution in [-0.2, 0) is 4.79 Å². The van der Waals surface area contributed by atoms with Crippen molar-refractivity contribution >= 4 is 39.7 Å². The van der Waals surface area contributed by atoms with Gasteiger partial charge in [0.25, 0.3) is 11.6 Å². The molecule has 4 rings (SSSR count). The second kappa shape index (κ2) is 9.84. The van der Waals surface area contributed by atoms with Gasteiger partial charge in [0.05, 0.1) is 12.0 Å². The summed E-state index contributed by atoms with van der Waals surface area (Å²) in [5, 5.41) is 23.1. The quantitative estimate of drug-likeness (QED) is 0.174. The van der Waals surface area contributed by atoms with Crippen LogP contribution in [-0.4, -0.2) is 28.1 Å². The van der Waals surface area contributed by atoms with Crippen LogP contribution in [0.2, 0.25) is 0 Å². The minimum absolute atomic E-state index is 0.0511. The minimum Gasteiger partial charge on any atom is -0.497 e. The van der Waals surface area contributed by atoms with Gasteiger partial charge in [0.15, 0.2) is 0 Å². The third kappa shape index (κ3) is 5.28. The first-order valence-electron chi connectivity index (χ1n) is 9.84. The van der Waals surface area contributed by atoms with E-state index in [1.165, 1.54) is 23.5 Å². The van der Waals surface area contributed by atoms with Gasteiger partial charge in [-0.2, -0.15) is 0 Å². The van der Waals surface area contributed by atoms with Crippen molar-refractivity contribution < 1.29 is 14.5 Å². The number of nitrogens with one attached hydrogen (secondary N) is 1. The lowest BCUT2D eigenvalue weighted by Gasteiger charge is -2.08. The molecule has 3 aromatic carbocycles. The van der Waals surface area contributed by atoms with Gasteiger partial charge in [-0.25, -0.2) is 0 Å². The van der Waals surface area contributed by atoms with Crippen LogP contribution < -0.4 is 10.1 Å². The van der Waals surface area contributed by atoms with Crippen LogP contribution in [0.15, 0.2) is 78.9 Å². The topological polar surface area (TPSA) is 107 Å². The summed E-state index contributed by atoms with van der Waals surface area (Å²) in [6.07, 6.45) is 1.61. The molecule has 33 heavy (non-hydrogen) atoms. The lowest BCUT2D eigenvalue weighted by atomic mass is 10.0. The molecular weight excluding hydrogens is 440 g/mol. The van der Waals surface area contributed by atoms with Gasteiger partial charge in [-0.05, 0) is 41.5 Å². The summed E-state index contributed by atoms with van der Waals surface area (Å²) in [4.78, 5) is 23.8. The first-order chi connectivity index (χ1) is 16.0. The summed E-state index contributed by atoms with van der Waals surface area (Å²) in [6, 6.07) is 22.6. The highest BCUT2D eigenvalue weighted by atomic mass is 32.1. The number of methoxy groups -OCH3 is 1. The van der Waals surface area contributed by atoms with Crippen molar-refractivity contribution in [2.45, 2.75) is 0 Å². The number of hydrogen-bond acceptors (Lipinski definition) is 7. The van der Waals surface area contributed by atoms with Crippen LogP contribution in [0.5, 0.6) is 5.75 Å². The Hall–Kier alpha value is -4.37. The highest BCUT2D eigenvalue weighted by Gasteiger charge is 2.16. The van der Waals surface area contributed by atoms with E-state index in [0.29, 0.717) is 26.8 Å². The van der Waals surface area contributed by atoms with E-state index in [4.69, 9.17) is 4.74 Å². The molecule has 0 fully saturated rings. The monoisotopic (exact) mass is 458 g/mol. The van der Waals surface area contributed by atoms with E-state index in [0.717, 1.165) is 11.3 Å². The number of anilines is 1. The van der Waals surface area contributed by atoms with Gasteiger partial charge in [0, 0.05) is 23.3 Å². The summed E-state index contributed by atoms with van der Waals surface area (Å²) < 4.78 is 5.17. The molecule has 0 atom stereocenters. The van der Waals surface area contributed by atoms with E-state index in [9.17, 15) is 14.9 Å². The fourth-order valence-corrected chi connectivity index (χ4v) is 3.83. The zero-order valence-corrected chi connectivity index (χ0v) is 18.3. The zero-order valence-electron chi connectivity index (χ0n) is 17.5. The highest BCUT2D eigenvalue weighted by Crippen LogP contribution is 2.29. The Morgan fingerprint density at radius 3 is 2.48 bits per heavy atom. The predicted octanol–water partition coefficient (Wildman–Crippen LogP) is 5.30. The average Bonchev–Trinajstić information content (AvgIpc) is 3.31. The molecule has 0 radical (unpaired) electrons. The number of ether oxygens (including phenoxy) is 1. The van der Waals surface area contributed by atoms with Crippen molar-refractivity contribution in [1.29, 1.82) is 0 Å². The molecule has 1 heterocycles. The SMILES string of the molecule is COc1ccc(-c2nnc(NC(=O)/C(=C/c3cccc([N+](=O)[O-])c3)c3ccccc3)s2)cc1. The molecule has 0 aliphatic carbocycles. The molecule has 8 nitrogen and oxygen atoms in total. The molecule has 0 bridgehead atoms. The van der Waals surface area contributed by atoms with E-state index < -0.39 is 10.8 Å². The number of rotatable bonds is 7. The molecule has 0 saturated heterocycles. The van der Waals surface area contributed by atoms with Crippen LogP contribution >= 0.6 is 11.3 Å². The van der Waals surface area contributed by atoms with Crippen molar-refractivity contribution in [3.63, 3.8) is 0 Å². The Morgan fingerprint density at radius 2 is 1.79 bits per heavy atom. The number of carbonyl (C=O) groups excluding carboxylic acids is 1. The molecule has 1 N–H and O–H groups in total. The number of amides is 1. The number of nitro groups is 1. The summed E-state index contributed by atoms with van der Waals surface area (Å²) in [5.41, 5.74) is 2.35. The average molecular weight is 458 g/mol. The molecule has 1 amide bonds. The molecule has 164 valence electrons. The molecule has 0 aliphatic heterocycles. The normalized spacial score (nSPS) is 11.1. The molecule has 1 aromatic heterocycles. The molecule has 0 aliphatic rings. The van der Waals surface area contributed by atoms with Gasteiger partial charge >= 0.3 is 0 Å². The molecule has 0 saturated carbocycles. The Bertz CT molecular complexity index is 1320. The van der Waals surface area contributed by atoms with Gasteiger partial charge in [-0.1, -0.05) is 53.8 Å². The predicted molar refractivity (Wildman–Crippen MR) is 128 cm³/mol. The van der Waals surface area contributed by atoms with Gasteiger partial charge < -0.3 is 4.74 Å². The largest absolute Gasteiger partial charge is 0.497 e. The highest BCUT2D eigenvalue weighted by molar-refractivity contribution is 7.18. The van der Waals surface area contributed by atoms with Crippen molar-refractivity contribution in [2.24, 2.45) is 0 Å². The second-order valence-electron chi connectivity index (χ2n) is 6.87. The Labute approximate surface area is 193 Å². The zero-order chi connectivity index (χ0) is 23.2. The standard InChI is InChI=1S/C24H18N4O4S/c1-32-20-12-10-18(11-13-20)23-26-27-24(33-23)25-22(29)21(17-7-3-2-4-8-17)15-16-6-5-9-19(14-16)28(30)31/h2-15H,1H3,(H,25,27,29)/b21-15+. The lowest BCUT2D eigenvalue weighted by Crippen LogP contribution is -2.13. The van der Waals surface area contributed by atoms with Crippen LogP contribution in [0.1, 0.15) is 11.1 Å². The summed E-state index contributed by atoms with van der Waals surface area (Å²) in [7, 11) is 1.60. The van der Waals surface area contributed by atoms with Crippen molar-refractivity contribution in [3.8, 4) is 16.3 Å². The van der Waals surface area contributed by atoms with Gasteiger partial charge in [-0.15, -0.1) is 10.2 Å². The maximum Gasteiger partial charge on any atom is 0.270 e. The third-order valence-corrected chi connectivity index (χ3v) is 5.59. The van der Waals surface area contributed by atoms with Crippen LogP contribution in [0, 0.1) is 10.1 Å². The van der Waals surface area contributed by atoms with Gasteiger partial charge in [0.2, 0.25) is 5.13 Å². The van der Waals surface area contributed by atoms with Crippen molar-refractivity contribution in [1.82, 2.24) is 10.2 Å². The third-order valence-electron chi connectivity index (χ3n) is 4.70. The molecule has 0 spiro atoms. The number of nitro benzene ring substituents is 1. The molecular formula is C24H18N4O4S. The van der Waals surface area contributed by atoms with Gasteiger partial charge in [-0.3, -0.25) is 20.2 Å². The first kappa shape index (κ1) is 21.8. The Balaban J connectivity index is 1.62. The molecule has 4 aromatic rings. The molecule has 9 heteroatoms. The van der Waals surface area contributed by atoms with E-state index in [1.54, 1.807) is 37.5 Å². The number of non-ortho nitro benzene ring substituents is 1. The Morgan fingerprint density at radius 1 is 1.03 bits per heavy atom. The first-order valence-corrected chi connectivity index (χ1v) is 10.7. The maximum atomic E-state index is 13.2.